The molecular weight excluding hydrogens is 410 g/mol. The van der Waals surface area contributed by atoms with E-state index in [1.165, 1.54) is 18.9 Å². The molecule has 0 bridgehead atoms. The second-order valence-electron chi connectivity index (χ2n) is 8.93. The molecule has 7 heteroatoms. The zero-order chi connectivity index (χ0) is 22.9. The van der Waals surface area contributed by atoms with Crippen LogP contribution < -0.4 is 5.32 Å². The van der Waals surface area contributed by atoms with Crippen LogP contribution in [0.5, 0.6) is 0 Å². The van der Waals surface area contributed by atoms with Crippen molar-refractivity contribution in [3.8, 4) is 0 Å². The van der Waals surface area contributed by atoms with Crippen LogP contribution in [0.25, 0.3) is 0 Å². The third-order valence-corrected chi connectivity index (χ3v) is 6.09. The molecular formula is C24H31N3O3S. The molecule has 2 aliphatic rings. The van der Waals surface area contributed by atoms with Crippen molar-refractivity contribution in [2.75, 3.05) is 7.11 Å². The fraction of sp³-hybridized carbons (Fsp3) is 0.458. The quantitative estimate of drug-likeness (QED) is 0.668. The average Bonchev–Trinajstić information content (AvgIpc) is 3.07. The zero-order valence-corrected chi connectivity index (χ0v) is 20.1. The van der Waals surface area contributed by atoms with E-state index in [4.69, 9.17) is 9.73 Å². The summed E-state index contributed by atoms with van der Waals surface area (Å²) in [5, 5.41) is 5.77. The second kappa shape index (κ2) is 8.91. The summed E-state index contributed by atoms with van der Waals surface area (Å²) in [6, 6.07) is 5.83. The van der Waals surface area contributed by atoms with Gasteiger partial charge in [-0.1, -0.05) is 42.4 Å². The van der Waals surface area contributed by atoms with Gasteiger partial charge in [-0.2, -0.15) is 0 Å². The van der Waals surface area contributed by atoms with Crippen molar-refractivity contribution in [3.05, 3.63) is 57.3 Å². The van der Waals surface area contributed by atoms with Gasteiger partial charge in [0.05, 0.1) is 30.8 Å². The molecule has 3 rings (SSSR count). The lowest BCUT2D eigenvalue weighted by atomic mass is 9.89. The maximum Gasteiger partial charge on any atom is 0.338 e. The Morgan fingerprint density at radius 3 is 2.55 bits per heavy atom. The number of allylic oxidation sites excluding steroid dienone is 1. The molecule has 1 atom stereocenters. The Bertz CT molecular complexity index is 1000. The van der Waals surface area contributed by atoms with Crippen LogP contribution in [0.4, 0.5) is 0 Å². The number of amidine groups is 1. The number of methoxy groups -OCH3 is 1. The van der Waals surface area contributed by atoms with Crippen molar-refractivity contribution in [1.29, 1.82) is 0 Å². The van der Waals surface area contributed by atoms with Gasteiger partial charge < -0.3 is 15.0 Å². The highest BCUT2D eigenvalue weighted by Gasteiger charge is 2.42. The topological polar surface area (TPSA) is 71.0 Å². The van der Waals surface area contributed by atoms with E-state index in [1.54, 1.807) is 0 Å². The predicted octanol–water partition coefficient (Wildman–Crippen LogP) is 4.75. The molecule has 2 heterocycles. The number of ether oxygens (including phenoxy) is 1. The van der Waals surface area contributed by atoms with Gasteiger partial charge in [0.2, 0.25) is 5.91 Å². The smallest absolute Gasteiger partial charge is 0.338 e. The fourth-order valence-corrected chi connectivity index (χ4v) is 4.90. The first-order valence-corrected chi connectivity index (χ1v) is 11.4. The van der Waals surface area contributed by atoms with E-state index in [0.717, 1.165) is 33.3 Å². The number of aliphatic imine (C=N–C) groups is 1. The third kappa shape index (κ3) is 4.87. The van der Waals surface area contributed by atoms with E-state index in [2.05, 4.69) is 17.4 Å². The number of carbonyl (C=O) groups excluding carboxylic acids is 2. The van der Waals surface area contributed by atoms with Gasteiger partial charge in [-0.05, 0) is 57.6 Å². The molecule has 1 aromatic rings. The lowest BCUT2D eigenvalue weighted by Gasteiger charge is -2.37. The SMILES string of the molecule is CCC1=C(C(=O)OC)C(c2ccc(C)cc2C)N2C(CC(=O)NC(C)(C)C)=CSC2=N1. The first-order chi connectivity index (χ1) is 14.6. The van der Waals surface area contributed by atoms with Crippen molar-refractivity contribution in [2.45, 2.75) is 66.0 Å². The van der Waals surface area contributed by atoms with Gasteiger partial charge in [0.15, 0.2) is 5.17 Å². The van der Waals surface area contributed by atoms with Crippen LogP contribution >= 0.6 is 11.8 Å². The Morgan fingerprint density at radius 2 is 1.97 bits per heavy atom. The maximum atomic E-state index is 12.9. The monoisotopic (exact) mass is 441 g/mol. The lowest BCUT2D eigenvalue weighted by Crippen LogP contribution is -2.42. The summed E-state index contributed by atoms with van der Waals surface area (Å²) in [6.07, 6.45) is 0.824. The van der Waals surface area contributed by atoms with E-state index in [9.17, 15) is 9.59 Å². The molecule has 0 spiro atoms. The summed E-state index contributed by atoms with van der Waals surface area (Å²) in [4.78, 5) is 32.4. The minimum atomic E-state index is -0.390. The normalized spacial score (nSPS) is 18.4. The number of thioether (sulfide) groups is 1. The molecule has 0 saturated carbocycles. The number of nitrogens with one attached hydrogen (secondary N) is 1. The molecule has 0 aliphatic carbocycles. The largest absolute Gasteiger partial charge is 0.466 e. The van der Waals surface area contributed by atoms with Crippen molar-refractivity contribution in [3.63, 3.8) is 0 Å². The van der Waals surface area contributed by atoms with Crippen LogP contribution in [0.1, 0.15) is 63.3 Å². The van der Waals surface area contributed by atoms with E-state index in [-0.39, 0.29) is 29.9 Å². The molecule has 1 amide bonds. The molecule has 0 fully saturated rings. The summed E-state index contributed by atoms with van der Waals surface area (Å²) < 4.78 is 5.17. The summed E-state index contributed by atoms with van der Waals surface area (Å²) in [5.41, 5.74) is 5.01. The lowest BCUT2D eigenvalue weighted by molar-refractivity contribution is -0.136. The average molecular weight is 442 g/mol. The molecule has 1 aromatic carbocycles. The highest BCUT2D eigenvalue weighted by atomic mass is 32.2. The van der Waals surface area contributed by atoms with E-state index in [0.29, 0.717) is 12.0 Å². The van der Waals surface area contributed by atoms with Gasteiger partial charge in [-0.15, -0.1) is 0 Å². The van der Waals surface area contributed by atoms with Gasteiger partial charge in [0, 0.05) is 11.2 Å². The molecule has 0 aromatic heterocycles. The number of nitrogens with zero attached hydrogens (tertiary/aromatic N) is 2. The van der Waals surface area contributed by atoms with Crippen LogP contribution in [-0.2, 0) is 14.3 Å². The number of hydrogen-bond acceptors (Lipinski definition) is 6. The van der Waals surface area contributed by atoms with Gasteiger partial charge in [-0.3, -0.25) is 4.79 Å². The number of aryl methyl sites for hydroxylation is 2. The molecule has 0 radical (unpaired) electrons. The number of benzene rings is 1. The van der Waals surface area contributed by atoms with Crippen molar-refractivity contribution < 1.29 is 14.3 Å². The number of amides is 1. The summed E-state index contributed by atoms with van der Waals surface area (Å²) in [7, 11) is 1.40. The third-order valence-electron chi connectivity index (χ3n) is 5.21. The minimum Gasteiger partial charge on any atom is -0.466 e. The van der Waals surface area contributed by atoms with Crippen molar-refractivity contribution in [2.24, 2.45) is 4.99 Å². The van der Waals surface area contributed by atoms with E-state index < -0.39 is 0 Å². The Kier molecular flexibility index (Phi) is 6.65. The Hall–Kier alpha value is -2.54. The zero-order valence-electron chi connectivity index (χ0n) is 19.3. The number of carbonyl (C=O) groups is 2. The highest BCUT2D eigenvalue weighted by molar-refractivity contribution is 8.16. The number of esters is 1. The molecule has 6 nitrogen and oxygen atoms in total. The molecule has 166 valence electrons. The van der Waals surface area contributed by atoms with Gasteiger partial charge in [0.25, 0.3) is 0 Å². The highest BCUT2D eigenvalue weighted by Crippen LogP contribution is 2.46. The van der Waals surface area contributed by atoms with Crippen LogP contribution in [-0.4, -0.2) is 34.6 Å². The molecule has 1 N–H and O–H groups in total. The number of rotatable bonds is 5. The van der Waals surface area contributed by atoms with Gasteiger partial charge in [0.1, 0.15) is 0 Å². The van der Waals surface area contributed by atoms with Gasteiger partial charge in [-0.25, -0.2) is 9.79 Å². The van der Waals surface area contributed by atoms with Crippen molar-refractivity contribution >= 4 is 28.8 Å². The summed E-state index contributed by atoms with van der Waals surface area (Å²) in [5.74, 6) is -0.454. The summed E-state index contributed by atoms with van der Waals surface area (Å²) in [6.45, 7) is 12.0. The minimum absolute atomic E-state index is 0.0649. The van der Waals surface area contributed by atoms with Crippen molar-refractivity contribution in [1.82, 2.24) is 10.2 Å². The Labute approximate surface area is 188 Å². The number of fused-ring (bicyclic) bond motifs is 1. The summed E-state index contributed by atoms with van der Waals surface area (Å²) >= 11 is 1.49. The first kappa shape index (κ1) is 23.1. The molecule has 2 aliphatic heterocycles. The van der Waals surface area contributed by atoms with Crippen LogP contribution in [0.3, 0.4) is 0 Å². The second-order valence-corrected chi connectivity index (χ2v) is 9.77. The van der Waals surface area contributed by atoms with E-state index >= 15 is 0 Å². The Morgan fingerprint density at radius 1 is 1.26 bits per heavy atom. The van der Waals surface area contributed by atoms with E-state index in [1.807, 2.05) is 57.9 Å². The predicted molar refractivity (Wildman–Crippen MR) is 125 cm³/mol. The molecule has 0 saturated heterocycles. The number of hydrogen-bond donors (Lipinski definition) is 1. The standard InChI is InChI=1S/C24H31N3O3S/c1-8-18-20(22(29)30-7)21(17-10-9-14(2)11-15(17)3)27-16(13-31-23(27)25-18)12-19(28)26-24(4,5)6/h9-11,13,21H,8,12H2,1-7H3,(H,26,28). The maximum absolute atomic E-state index is 12.9. The molecule has 31 heavy (non-hydrogen) atoms. The van der Waals surface area contributed by atoms with Gasteiger partial charge >= 0.3 is 5.97 Å². The Balaban J connectivity index is 2.10. The fourth-order valence-electron chi connectivity index (χ4n) is 3.97. The molecule has 1 unspecified atom stereocenters. The van der Waals surface area contributed by atoms with Crippen LogP contribution in [0, 0.1) is 13.8 Å². The van der Waals surface area contributed by atoms with Crippen LogP contribution in [0.2, 0.25) is 0 Å². The first-order valence-electron chi connectivity index (χ1n) is 10.5. The van der Waals surface area contributed by atoms with Crippen LogP contribution in [0.15, 0.2) is 45.6 Å².